The molecule has 7 nitrogen and oxygen atoms in total. The third-order valence-electron chi connectivity index (χ3n) is 3.15. The smallest absolute Gasteiger partial charge is 0.325 e. The normalized spacial score (nSPS) is 11.7. The molecule has 8 heteroatoms. The van der Waals surface area contributed by atoms with Gasteiger partial charge in [0.05, 0.1) is 22.5 Å². The lowest BCUT2D eigenvalue weighted by atomic mass is 10.2. The number of carboxylic acid groups (broad SMARTS) is 1. The average molecular weight is 335 g/mol. The highest BCUT2D eigenvalue weighted by molar-refractivity contribution is 7.95. The summed E-state index contributed by atoms with van der Waals surface area (Å²) in [5, 5.41) is 13.9. The number of hydrogen-bond donors (Lipinski definition) is 2. The van der Waals surface area contributed by atoms with Crippen LogP contribution < -0.4 is 4.72 Å². The molecule has 0 saturated heterocycles. The first-order valence-corrected chi connectivity index (χ1v) is 8.35. The van der Waals surface area contributed by atoms with Gasteiger partial charge in [-0.15, -0.1) is 0 Å². The fourth-order valence-electron chi connectivity index (χ4n) is 2.04. The number of hydrogen-bond acceptors (Lipinski definition) is 4. The maximum atomic E-state index is 12.2. The van der Waals surface area contributed by atoms with Gasteiger partial charge < -0.3 is 5.11 Å². The van der Waals surface area contributed by atoms with E-state index in [0.717, 1.165) is 11.0 Å². The van der Waals surface area contributed by atoms with E-state index in [1.807, 2.05) is 18.2 Å². The van der Waals surface area contributed by atoms with Crippen molar-refractivity contribution in [1.29, 1.82) is 0 Å². The van der Waals surface area contributed by atoms with Crippen molar-refractivity contribution in [3.05, 3.63) is 52.7 Å². The first kappa shape index (κ1) is 16.8. The van der Waals surface area contributed by atoms with Gasteiger partial charge in [0.2, 0.25) is 0 Å². The van der Waals surface area contributed by atoms with Gasteiger partial charge in [-0.3, -0.25) is 14.2 Å². The summed E-state index contributed by atoms with van der Waals surface area (Å²) < 4.78 is 28.0. The highest BCUT2D eigenvalue weighted by atomic mass is 32.2. The van der Waals surface area contributed by atoms with Crippen LogP contribution in [0.3, 0.4) is 0 Å². The van der Waals surface area contributed by atoms with Gasteiger partial charge in [0, 0.05) is 0 Å². The highest BCUT2D eigenvalue weighted by Gasteiger charge is 2.17. The van der Waals surface area contributed by atoms with Crippen molar-refractivity contribution in [2.24, 2.45) is 0 Å². The zero-order valence-electron chi connectivity index (χ0n) is 12.7. The lowest BCUT2D eigenvalue weighted by Gasteiger charge is -2.05. The molecule has 23 heavy (non-hydrogen) atoms. The Morgan fingerprint density at radius 2 is 1.96 bits per heavy atom. The van der Waals surface area contributed by atoms with Gasteiger partial charge >= 0.3 is 5.97 Å². The first-order chi connectivity index (χ1) is 10.8. The maximum Gasteiger partial charge on any atom is 0.325 e. The number of aryl methyl sites for hydroxylation is 1. The van der Waals surface area contributed by atoms with Crippen LogP contribution in [0.15, 0.2) is 35.7 Å². The van der Waals surface area contributed by atoms with Crippen molar-refractivity contribution in [3.8, 4) is 0 Å². The predicted octanol–water partition coefficient (Wildman–Crippen LogP) is 2.00. The van der Waals surface area contributed by atoms with Crippen molar-refractivity contribution in [3.63, 3.8) is 0 Å². The number of sulfonamides is 1. The van der Waals surface area contributed by atoms with Crippen LogP contribution in [0.2, 0.25) is 0 Å². The zero-order chi connectivity index (χ0) is 17.0. The molecule has 2 N–H and O–H groups in total. The molecule has 1 heterocycles. The summed E-state index contributed by atoms with van der Waals surface area (Å²) in [6, 6.07) is 9.03. The molecule has 122 valence electrons. The Balaban J connectivity index is 2.22. The van der Waals surface area contributed by atoms with E-state index >= 15 is 0 Å². The third kappa shape index (κ3) is 4.43. The fraction of sp³-hybridized carbons (Fsp3) is 0.200. The van der Waals surface area contributed by atoms with E-state index in [4.69, 9.17) is 5.11 Å². The molecule has 1 aromatic heterocycles. The number of aliphatic carboxylic acids is 1. The minimum Gasteiger partial charge on any atom is -0.480 e. The Hall–Kier alpha value is -2.61. The largest absolute Gasteiger partial charge is 0.480 e. The lowest BCUT2D eigenvalue weighted by Crippen LogP contribution is -2.13. The Kier molecular flexibility index (Phi) is 4.85. The molecular weight excluding hydrogens is 318 g/mol. The van der Waals surface area contributed by atoms with Gasteiger partial charge in [-0.1, -0.05) is 30.3 Å². The quantitative estimate of drug-likeness (QED) is 0.841. The van der Waals surface area contributed by atoms with Crippen LogP contribution in [-0.2, 0) is 21.4 Å². The minimum absolute atomic E-state index is 0.295. The lowest BCUT2D eigenvalue weighted by molar-refractivity contribution is -0.137. The molecule has 0 aliphatic rings. The Bertz CT molecular complexity index is 839. The molecule has 0 atom stereocenters. The van der Waals surface area contributed by atoms with Crippen LogP contribution in [0.25, 0.3) is 6.08 Å². The van der Waals surface area contributed by atoms with E-state index in [1.165, 1.54) is 10.8 Å². The molecule has 2 aromatic rings. The molecule has 1 aromatic carbocycles. The predicted molar refractivity (Wildman–Crippen MR) is 87.4 cm³/mol. The molecule has 0 unspecified atom stereocenters. The van der Waals surface area contributed by atoms with Crippen LogP contribution in [0, 0.1) is 13.8 Å². The van der Waals surface area contributed by atoms with E-state index in [0.29, 0.717) is 17.1 Å². The second kappa shape index (κ2) is 6.66. The van der Waals surface area contributed by atoms with Crippen LogP contribution in [0.4, 0.5) is 5.69 Å². The summed E-state index contributed by atoms with van der Waals surface area (Å²) in [4.78, 5) is 10.8. The van der Waals surface area contributed by atoms with E-state index in [9.17, 15) is 13.2 Å². The van der Waals surface area contributed by atoms with Crippen LogP contribution in [0.5, 0.6) is 0 Å². The van der Waals surface area contributed by atoms with Crippen LogP contribution >= 0.6 is 0 Å². The van der Waals surface area contributed by atoms with E-state index in [-0.39, 0.29) is 6.54 Å². The summed E-state index contributed by atoms with van der Waals surface area (Å²) in [6.07, 6.45) is 1.48. The molecule has 0 amide bonds. The Morgan fingerprint density at radius 3 is 2.57 bits per heavy atom. The first-order valence-electron chi connectivity index (χ1n) is 6.80. The number of anilines is 1. The third-order valence-corrected chi connectivity index (χ3v) is 4.13. The van der Waals surface area contributed by atoms with Crippen molar-refractivity contribution in [2.45, 2.75) is 20.4 Å². The van der Waals surface area contributed by atoms with Gasteiger partial charge in [0.1, 0.15) is 6.54 Å². The minimum atomic E-state index is -3.72. The molecule has 0 aliphatic heterocycles. The molecule has 0 saturated carbocycles. The summed E-state index contributed by atoms with van der Waals surface area (Å²) in [7, 11) is -3.72. The van der Waals surface area contributed by atoms with Gasteiger partial charge in [0.25, 0.3) is 10.0 Å². The van der Waals surface area contributed by atoms with Gasteiger partial charge in [0.15, 0.2) is 0 Å². The zero-order valence-corrected chi connectivity index (χ0v) is 13.5. The number of rotatable bonds is 6. The molecule has 0 aliphatic carbocycles. The van der Waals surface area contributed by atoms with E-state index in [1.54, 1.807) is 26.0 Å². The standard InChI is InChI=1S/C15H17N3O4S/c1-11-15(12(2)18(16-11)10-14(19)20)17-23(21,22)9-8-13-6-4-3-5-7-13/h3-9,17H,10H2,1-2H3,(H,19,20)/b9-8+. The molecule has 0 bridgehead atoms. The molecule has 2 rings (SSSR count). The van der Waals surface area contributed by atoms with Crippen molar-refractivity contribution < 1.29 is 18.3 Å². The molecule has 0 radical (unpaired) electrons. The fourth-order valence-corrected chi connectivity index (χ4v) is 3.02. The van der Waals surface area contributed by atoms with Gasteiger partial charge in [-0.2, -0.15) is 5.10 Å². The number of carbonyl (C=O) groups is 1. The molecular formula is C15H17N3O4S. The van der Waals surface area contributed by atoms with E-state index in [2.05, 4.69) is 9.82 Å². The van der Waals surface area contributed by atoms with E-state index < -0.39 is 16.0 Å². The monoisotopic (exact) mass is 335 g/mol. The SMILES string of the molecule is Cc1nn(CC(=O)O)c(C)c1NS(=O)(=O)/C=C/c1ccccc1. The van der Waals surface area contributed by atoms with Crippen LogP contribution in [-0.4, -0.2) is 29.3 Å². The van der Waals surface area contributed by atoms with Crippen LogP contribution in [0.1, 0.15) is 17.0 Å². The van der Waals surface area contributed by atoms with Gasteiger partial charge in [-0.25, -0.2) is 8.42 Å². The Labute approximate surface area is 134 Å². The van der Waals surface area contributed by atoms with Crippen molar-refractivity contribution in [1.82, 2.24) is 9.78 Å². The second-order valence-corrected chi connectivity index (χ2v) is 6.52. The Morgan fingerprint density at radius 1 is 1.30 bits per heavy atom. The molecule has 0 spiro atoms. The summed E-state index contributed by atoms with van der Waals surface area (Å²) in [6.45, 7) is 2.90. The topological polar surface area (TPSA) is 101 Å². The number of carboxylic acids is 1. The second-order valence-electron chi connectivity index (χ2n) is 4.96. The highest BCUT2D eigenvalue weighted by Crippen LogP contribution is 2.21. The summed E-state index contributed by atoms with van der Waals surface area (Å²) in [5.41, 5.74) is 1.92. The number of aromatic nitrogens is 2. The average Bonchev–Trinajstić information content (AvgIpc) is 2.73. The van der Waals surface area contributed by atoms with Crippen molar-refractivity contribution in [2.75, 3.05) is 4.72 Å². The summed E-state index contributed by atoms with van der Waals surface area (Å²) in [5.74, 6) is -1.05. The molecule has 0 fully saturated rings. The van der Waals surface area contributed by atoms with Crippen molar-refractivity contribution >= 4 is 27.8 Å². The summed E-state index contributed by atoms with van der Waals surface area (Å²) >= 11 is 0. The maximum absolute atomic E-state index is 12.2. The number of benzene rings is 1. The number of nitrogens with zero attached hydrogens (tertiary/aromatic N) is 2. The number of nitrogens with one attached hydrogen (secondary N) is 1. The van der Waals surface area contributed by atoms with Gasteiger partial charge in [-0.05, 0) is 25.5 Å².